The van der Waals surface area contributed by atoms with Crippen LogP contribution in [-0.2, 0) is 4.79 Å². The molecule has 6 nitrogen and oxygen atoms in total. The molecule has 1 aromatic heterocycles. The lowest BCUT2D eigenvalue weighted by Crippen LogP contribution is -2.54. The summed E-state index contributed by atoms with van der Waals surface area (Å²) in [6.45, 7) is 7.23. The largest absolute Gasteiger partial charge is 0.353 e. The van der Waals surface area contributed by atoms with Crippen LogP contribution in [0.15, 0.2) is 42.9 Å². The van der Waals surface area contributed by atoms with Gasteiger partial charge in [-0.15, -0.1) is 0 Å². The summed E-state index contributed by atoms with van der Waals surface area (Å²) >= 11 is 0. The van der Waals surface area contributed by atoms with Gasteiger partial charge in [-0.3, -0.25) is 15.2 Å². The van der Waals surface area contributed by atoms with Crippen molar-refractivity contribution in [2.75, 3.05) is 31.1 Å². The summed E-state index contributed by atoms with van der Waals surface area (Å²) in [6, 6.07) is 6.50. The summed E-state index contributed by atoms with van der Waals surface area (Å²) in [7, 11) is 0. The van der Waals surface area contributed by atoms with E-state index in [4.69, 9.17) is 0 Å². The zero-order valence-electron chi connectivity index (χ0n) is 15.6. The number of anilines is 1. The number of benzene rings is 1. The molecule has 2 heterocycles. The van der Waals surface area contributed by atoms with E-state index in [1.807, 2.05) is 5.01 Å². The first-order valence-corrected chi connectivity index (χ1v) is 9.28. The first kappa shape index (κ1) is 17.9. The normalized spacial score (nSPS) is 24.5. The van der Waals surface area contributed by atoms with Crippen molar-refractivity contribution in [1.82, 2.24) is 20.4 Å². The number of hydrogen-bond acceptors (Lipinski definition) is 5. The van der Waals surface area contributed by atoms with Crippen LogP contribution < -0.4 is 10.3 Å². The van der Waals surface area contributed by atoms with E-state index in [0.717, 1.165) is 37.6 Å². The van der Waals surface area contributed by atoms with Crippen LogP contribution in [0.4, 0.5) is 10.2 Å². The molecule has 1 aliphatic carbocycles. The molecule has 0 radical (unpaired) electrons. The predicted octanol–water partition coefficient (Wildman–Crippen LogP) is 2.21. The van der Waals surface area contributed by atoms with Crippen LogP contribution in [0.3, 0.4) is 0 Å². The average Bonchev–Trinajstić information content (AvgIpc) is 3.26. The smallest absolute Gasteiger partial charge is 0.238 e. The minimum atomic E-state index is -0.251. The molecule has 1 aliphatic heterocycles. The maximum Gasteiger partial charge on any atom is 0.238 e. The molecule has 2 unspecified atom stereocenters. The van der Waals surface area contributed by atoms with Crippen molar-refractivity contribution in [2.45, 2.75) is 19.8 Å². The van der Waals surface area contributed by atoms with Gasteiger partial charge in [-0.1, -0.05) is 26.0 Å². The molecule has 0 spiro atoms. The van der Waals surface area contributed by atoms with Gasteiger partial charge in [-0.05, 0) is 23.1 Å². The zero-order chi connectivity index (χ0) is 19.0. The Morgan fingerprint density at radius 3 is 2.48 bits per heavy atom. The van der Waals surface area contributed by atoms with Crippen LogP contribution in [0.25, 0.3) is 0 Å². The third-order valence-corrected chi connectivity index (χ3v) is 5.76. The van der Waals surface area contributed by atoms with E-state index in [2.05, 4.69) is 34.1 Å². The van der Waals surface area contributed by atoms with Gasteiger partial charge in [-0.2, -0.15) is 0 Å². The van der Waals surface area contributed by atoms with E-state index in [1.54, 1.807) is 30.7 Å². The maximum atomic E-state index is 13.2. The molecule has 1 saturated carbocycles. The van der Waals surface area contributed by atoms with Crippen LogP contribution in [0.1, 0.15) is 25.3 Å². The Hall–Kier alpha value is -2.54. The number of halogens is 1. The Morgan fingerprint density at radius 1 is 1.15 bits per heavy atom. The number of carbonyl (C=O) groups is 1. The van der Waals surface area contributed by atoms with Gasteiger partial charge in [0, 0.05) is 44.5 Å². The molecular formula is C20H24FN5O. The van der Waals surface area contributed by atoms with Crippen LogP contribution in [0.5, 0.6) is 0 Å². The van der Waals surface area contributed by atoms with Gasteiger partial charge in [-0.25, -0.2) is 14.4 Å². The van der Waals surface area contributed by atoms with Gasteiger partial charge in [0.25, 0.3) is 0 Å². The number of hydrogen-bond donors (Lipinski definition) is 1. The van der Waals surface area contributed by atoms with Crippen molar-refractivity contribution in [3.8, 4) is 0 Å². The van der Waals surface area contributed by atoms with Gasteiger partial charge in [0.05, 0.1) is 12.1 Å². The average molecular weight is 369 g/mol. The third-order valence-electron chi connectivity index (χ3n) is 5.76. The van der Waals surface area contributed by atoms with Crippen molar-refractivity contribution < 1.29 is 9.18 Å². The van der Waals surface area contributed by atoms with Gasteiger partial charge in [0.2, 0.25) is 5.91 Å². The van der Waals surface area contributed by atoms with Crippen molar-refractivity contribution in [3.05, 3.63) is 54.2 Å². The first-order valence-electron chi connectivity index (χ1n) is 9.28. The predicted molar refractivity (Wildman–Crippen MR) is 100 cm³/mol. The lowest BCUT2D eigenvalue weighted by molar-refractivity contribution is -0.128. The third kappa shape index (κ3) is 3.51. The molecule has 2 aliphatic rings. The number of piperazine rings is 1. The Bertz CT molecular complexity index is 803. The van der Waals surface area contributed by atoms with E-state index in [-0.39, 0.29) is 29.0 Å². The highest BCUT2D eigenvalue weighted by Gasteiger charge is 2.62. The summed E-state index contributed by atoms with van der Waals surface area (Å²) < 4.78 is 13.2. The molecule has 1 amide bonds. The lowest BCUT2D eigenvalue weighted by Gasteiger charge is -2.35. The van der Waals surface area contributed by atoms with Crippen molar-refractivity contribution in [1.29, 1.82) is 0 Å². The lowest BCUT2D eigenvalue weighted by atomic mass is 10.0. The van der Waals surface area contributed by atoms with Crippen LogP contribution in [0, 0.1) is 17.2 Å². The molecule has 27 heavy (non-hydrogen) atoms. The van der Waals surface area contributed by atoms with Crippen molar-refractivity contribution in [2.24, 2.45) is 11.3 Å². The second kappa shape index (κ2) is 6.88. The zero-order valence-corrected chi connectivity index (χ0v) is 15.6. The molecule has 2 fully saturated rings. The Morgan fingerprint density at radius 2 is 1.85 bits per heavy atom. The summed E-state index contributed by atoms with van der Waals surface area (Å²) in [6.07, 6.45) is 5.11. The second-order valence-corrected chi connectivity index (χ2v) is 7.84. The Labute approximate surface area is 158 Å². The molecule has 1 aromatic carbocycles. The SMILES string of the molecule is CC1(C)C(C(=O)NN2CCN(c3cnccn3)CC2)C1c1ccc(F)cc1. The Kier molecular flexibility index (Phi) is 4.55. The second-order valence-electron chi connectivity index (χ2n) is 7.84. The number of hydrazine groups is 1. The van der Waals surface area contributed by atoms with Gasteiger partial charge in [0.15, 0.2) is 0 Å². The maximum absolute atomic E-state index is 13.2. The molecular weight excluding hydrogens is 345 g/mol. The highest BCUT2D eigenvalue weighted by atomic mass is 19.1. The number of aromatic nitrogens is 2. The number of rotatable bonds is 4. The number of nitrogens with zero attached hydrogens (tertiary/aromatic N) is 4. The quantitative estimate of drug-likeness (QED) is 0.895. The molecule has 4 rings (SSSR count). The number of amides is 1. The van der Waals surface area contributed by atoms with Crippen molar-refractivity contribution in [3.63, 3.8) is 0 Å². The molecule has 7 heteroatoms. The molecule has 1 N–H and O–H groups in total. The molecule has 142 valence electrons. The first-order chi connectivity index (χ1) is 13.0. The fourth-order valence-corrected chi connectivity index (χ4v) is 4.15. The van der Waals surface area contributed by atoms with Crippen LogP contribution >= 0.6 is 0 Å². The van der Waals surface area contributed by atoms with E-state index in [0.29, 0.717) is 0 Å². The van der Waals surface area contributed by atoms with Crippen LogP contribution in [-0.4, -0.2) is 47.1 Å². The highest BCUT2D eigenvalue weighted by Crippen LogP contribution is 2.64. The summed E-state index contributed by atoms with van der Waals surface area (Å²) in [5.74, 6) is 0.685. The van der Waals surface area contributed by atoms with Crippen LogP contribution in [0.2, 0.25) is 0 Å². The minimum Gasteiger partial charge on any atom is -0.353 e. The number of nitrogens with one attached hydrogen (secondary N) is 1. The standard InChI is InChI=1S/C20H24FN5O/c1-20(2)17(14-3-5-15(21)6-4-14)18(20)19(27)24-26-11-9-25(10-12-26)16-13-22-7-8-23-16/h3-8,13,17-18H,9-12H2,1-2H3,(H,24,27). The monoisotopic (exact) mass is 369 g/mol. The van der Waals surface area contributed by atoms with E-state index >= 15 is 0 Å². The molecule has 1 saturated heterocycles. The topological polar surface area (TPSA) is 61.4 Å². The van der Waals surface area contributed by atoms with Gasteiger partial charge >= 0.3 is 0 Å². The van der Waals surface area contributed by atoms with E-state index < -0.39 is 0 Å². The Balaban J connectivity index is 1.34. The molecule has 0 bridgehead atoms. The summed E-state index contributed by atoms with van der Waals surface area (Å²) in [5, 5.41) is 1.98. The fraction of sp³-hybridized carbons (Fsp3) is 0.450. The minimum absolute atomic E-state index is 0.0438. The molecule has 2 atom stereocenters. The summed E-state index contributed by atoms with van der Waals surface area (Å²) in [5.41, 5.74) is 3.98. The highest BCUT2D eigenvalue weighted by molar-refractivity contribution is 5.84. The fourth-order valence-electron chi connectivity index (χ4n) is 4.15. The van der Waals surface area contributed by atoms with Gasteiger partial charge in [0.1, 0.15) is 11.6 Å². The molecule has 2 aromatic rings. The van der Waals surface area contributed by atoms with Crippen molar-refractivity contribution >= 4 is 11.7 Å². The number of carbonyl (C=O) groups excluding carboxylic acids is 1. The van der Waals surface area contributed by atoms with E-state index in [9.17, 15) is 9.18 Å². The summed E-state index contributed by atoms with van der Waals surface area (Å²) in [4.78, 5) is 23.4. The van der Waals surface area contributed by atoms with Gasteiger partial charge < -0.3 is 4.90 Å². The van der Waals surface area contributed by atoms with E-state index in [1.165, 1.54) is 12.1 Å².